The molecule has 84 valence electrons. The van der Waals surface area contributed by atoms with Crippen LogP contribution in [0.4, 0.5) is 0 Å². The highest BCUT2D eigenvalue weighted by Gasteiger charge is 2.46. The maximum Gasteiger partial charge on any atom is 0.0135 e. The third kappa shape index (κ3) is 1.95. The molecule has 1 fully saturated rings. The smallest absolute Gasteiger partial charge is 0.0135 e. The van der Waals surface area contributed by atoms with Crippen LogP contribution in [0.2, 0.25) is 0 Å². The van der Waals surface area contributed by atoms with E-state index in [0.29, 0.717) is 22.7 Å². The summed E-state index contributed by atoms with van der Waals surface area (Å²) < 4.78 is 1.26. The summed E-state index contributed by atoms with van der Waals surface area (Å²) in [6.45, 7) is 9.65. The van der Waals surface area contributed by atoms with Gasteiger partial charge in [-0.25, -0.2) is 0 Å². The summed E-state index contributed by atoms with van der Waals surface area (Å²) in [6, 6.07) is 0. The van der Waals surface area contributed by atoms with Crippen LogP contribution in [0.15, 0.2) is 22.7 Å². The van der Waals surface area contributed by atoms with Gasteiger partial charge in [0.15, 0.2) is 0 Å². The van der Waals surface area contributed by atoms with Crippen LogP contribution >= 0.6 is 15.9 Å². The number of rotatable bonds is 0. The van der Waals surface area contributed by atoms with Crippen LogP contribution < -0.4 is 0 Å². The van der Waals surface area contributed by atoms with Crippen molar-refractivity contribution in [1.29, 1.82) is 0 Å². The summed E-state index contributed by atoms with van der Waals surface area (Å²) >= 11 is 3.61. The van der Waals surface area contributed by atoms with Gasteiger partial charge in [-0.05, 0) is 35.5 Å². The van der Waals surface area contributed by atoms with Gasteiger partial charge in [0, 0.05) is 4.48 Å². The molecule has 2 aliphatic rings. The van der Waals surface area contributed by atoms with Crippen LogP contribution in [-0.2, 0) is 0 Å². The lowest BCUT2D eigenvalue weighted by atomic mass is 9.54. The van der Waals surface area contributed by atoms with Crippen molar-refractivity contribution in [3.8, 4) is 0 Å². The second-order valence-electron chi connectivity index (χ2n) is 6.44. The minimum Gasteiger partial charge on any atom is -0.0792 e. The van der Waals surface area contributed by atoms with Crippen molar-refractivity contribution < 1.29 is 0 Å². The van der Waals surface area contributed by atoms with Crippen LogP contribution in [0.1, 0.15) is 40.5 Å². The Morgan fingerprint density at radius 3 is 2.20 bits per heavy atom. The normalized spacial score (nSPS) is 37.0. The Balaban J connectivity index is 2.37. The van der Waals surface area contributed by atoms with Crippen LogP contribution in [-0.4, -0.2) is 0 Å². The molecule has 2 atom stereocenters. The second-order valence-corrected chi connectivity index (χ2v) is 7.36. The van der Waals surface area contributed by atoms with E-state index in [1.54, 1.807) is 0 Å². The number of allylic oxidation sites excluding steroid dienone is 4. The predicted octanol–water partition coefficient (Wildman–Crippen LogP) is 4.91. The molecule has 0 bridgehead atoms. The Bertz CT molecular complexity index is 320. The van der Waals surface area contributed by atoms with Crippen molar-refractivity contribution in [2.45, 2.75) is 40.5 Å². The molecule has 2 aliphatic carbocycles. The highest BCUT2D eigenvalue weighted by Crippen LogP contribution is 2.55. The highest BCUT2D eigenvalue weighted by molar-refractivity contribution is 9.11. The number of halogens is 1. The molecule has 0 heterocycles. The van der Waals surface area contributed by atoms with Gasteiger partial charge >= 0.3 is 0 Å². The monoisotopic (exact) mass is 268 g/mol. The molecule has 0 aliphatic heterocycles. The summed E-state index contributed by atoms with van der Waals surface area (Å²) in [4.78, 5) is 0. The first-order valence-corrected chi connectivity index (χ1v) is 6.68. The van der Waals surface area contributed by atoms with Gasteiger partial charge in [0.05, 0.1) is 0 Å². The summed E-state index contributed by atoms with van der Waals surface area (Å²) in [6.07, 6.45) is 9.74. The van der Waals surface area contributed by atoms with Crippen LogP contribution in [0.25, 0.3) is 0 Å². The highest BCUT2D eigenvalue weighted by atomic mass is 79.9. The average molecular weight is 269 g/mol. The van der Waals surface area contributed by atoms with Gasteiger partial charge in [-0.1, -0.05) is 61.9 Å². The number of hydrogen-bond donors (Lipinski definition) is 0. The van der Waals surface area contributed by atoms with Gasteiger partial charge in [-0.2, -0.15) is 0 Å². The van der Waals surface area contributed by atoms with Crippen molar-refractivity contribution in [2.75, 3.05) is 0 Å². The van der Waals surface area contributed by atoms with E-state index in [-0.39, 0.29) is 0 Å². The molecule has 0 aromatic heterocycles. The van der Waals surface area contributed by atoms with Crippen molar-refractivity contribution in [1.82, 2.24) is 0 Å². The van der Waals surface area contributed by atoms with Crippen LogP contribution in [0.3, 0.4) is 0 Å². The van der Waals surface area contributed by atoms with Crippen LogP contribution in [0, 0.1) is 22.7 Å². The quantitative estimate of drug-likeness (QED) is 0.586. The van der Waals surface area contributed by atoms with Crippen molar-refractivity contribution in [3.05, 3.63) is 22.7 Å². The topological polar surface area (TPSA) is 0 Å². The number of hydrogen-bond acceptors (Lipinski definition) is 0. The van der Waals surface area contributed by atoms with E-state index in [4.69, 9.17) is 0 Å². The molecule has 15 heavy (non-hydrogen) atoms. The van der Waals surface area contributed by atoms with Gasteiger partial charge < -0.3 is 0 Å². The standard InChI is InChI=1S/C14H21Br/c1-13(2)7-8-14(3,4)12-9-10(15)5-6-11(12)13/h5-6,9,11-12H,7-8H2,1-4H3. The lowest BCUT2D eigenvalue weighted by Gasteiger charge is -2.51. The molecule has 2 unspecified atom stereocenters. The molecule has 2 rings (SSSR count). The first-order chi connectivity index (χ1) is 6.83. The van der Waals surface area contributed by atoms with Gasteiger partial charge in [0.2, 0.25) is 0 Å². The first kappa shape index (κ1) is 11.4. The fraction of sp³-hybridized carbons (Fsp3) is 0.714. The van der Waals surface area contributed by atoms with E-state index in [1.165, 1.54) is 17.3 Å². The third-order valence-corrected chi connectivity index (χ3v) is 4.94. The van der Waals surface area contributed by atoms with Crippen molar-refractivity contribution in [2.24, 2.45) is 22.7 Å². The molecule has 1 heteroatoms. The molecule has 0 saturated heterocycles. The van der Waals surface area contributed by atoms with E-state index in [9.17, 15) is 0 Å². The Morgan fingerprint density at radius 1 is 1.07 bits per heavy atom. The summed E-state index contributed by atoms with van der Waals surface area (Å²) in [5.41, 5.74) is 0.908. The summed E-state index contributed by atoms with van der Waals surface area (Å²) in [7, 11) is 0. The Hall–Kier alpha value is -0.0400. The number of fused-ring (bicyclic) bond motifs is 1. The second kappa shape index (κ2) is 3.48. The largest absolute Gasteiger partial charge is 0.0792 e. The van der Waals surface area contributed by atoms with Gasteiger partial charge in [0.1, 0.15) is 0 Å². The molecule has 0 spiro atoms. The van der Waals surface area contributed by atoms with Gasteiger partial charge in [-0.3, -0.25) is 0 Å². The molecule has 0 aromatic rings. The fourth-order valence-electron chi connectivity index (χ4n) is 3.08. The SMILES string of the molecule is CC1(C)CCC(C)(C)C2C=C(Br)C=CC21. The maximum absolute atomic E-state index is 3.61. The van der Waals surface area contributed by atoms with E-state index in [1.807, 2.05) is 0 Å². The molecular formula is C14H21Br. The predicted molar refractivity (Wildman–Crippen MR) is 69.9 cm³/mol. The minimum atomic E-state index is 0.448. The zero-order valence-corrected chi connectivity index (χ0v) is 11.8. The third-order valence-electron chi connectivity index (χ3n) is 4.41. The molecular weight excluding hydrogens is 248 g/mol. The molecule has 1 saturated carbocycles. The van der Waals surface area contributed by atoms with Gasteiger partial charge in [0.25, 0.3) is 0 Å². The Morgan fingerprint density at radius 2 is 1.60 bits per heavy atom. The lowest BCUT2D eigenvalue weighted by Crippen LogP contribution is -2.43. The minimum absolute atomic E-state index is 0.448. The Labute approximate surface area is 102 Å². The summed E-state index contributed by atoms with van der Waals surface area (Å²) in [5, 5.41) is 0. The molecule has 0 nitrogen and oxygen atoms in total. The van der Waals surface area contributed by atoms with Crippen LogP contribution in [0.5, 0.6) is 0 Å². The van der Waals surface area contributed by atoms with E-state index >= 15 is 0 Å². The van der Waals surface area contributed by atoms with Crippen molar-refractivity contribution >= 4 is 15.9 Å². The van der Waals surface area contributed by atoms with E-state index in [2.05, 4.69) is 61.9 Å². The first-order valence-electron chi connectivity index (χ1n) is 5.88. The maximum atomic E-state index is 3.61. The van der Waals surface area contributed by atoms with Crippen molar-refractivity contribution in [3.63, 3.8) is 0 Å². The molecule has 0 amide bonds. The Kier molecular flexibility index (Phi) is 2.65. The lowest BCUT2D eigenvalue weighted by molar-refractivity contribution is 0.0331. The van der Waals surface area contributed by atoms with E-state index < -0.39 is 0 Å². The molecule has 0 radical (unpaired) electrons. The fourth-order valence-corrected chi connectivity index (χ4v) is 3.52. The van der Waals surface area contributed by atoms with E-state index in [0.717, 1.165) is 0 Å². The summed E-state index contributed by atoms with van der Waals surface area (Å²) in [5.74, 6) is 1.41. The average Bonchev–Trinajstić information content (AvgIpc) is 2.13. The molecule has 0 N–H and O–H groups in total. The zero-order valence-electron chi connectivity index (χ0n) is 10.2. The zero-order chi connectivity index (χ0) is 11.3. The van der Waals surface area contributed by atoms with Gasteiger partial charge in [-0.15, -0.1) is 0 Å². The molecule has 0 aromatic carbocycles.